The first-order chi connectivity index (χ1) is 17.5. The van der Waals surface area contributed by atoms with Crippen molar-refractivity contribution in [1.29, 1.82) is 0 Å². The van der Waals surface area contributed by atoms with Crippen molar-refractivity contribution in [3.63, 3.8) is 0 Å². The molecule has 7 atom stereocenters. The number of fused-ring (bicyclic) bond motifs is 1. The minimum Gasteiger partial charge on any atom is -0.458 e. The number of Topliss-reactive ketones (excluding diaryl/α,β-unsaturated/α-hetero) is 1. The lowest BCUT2D eigenvalue weighted by atomic mass is 9.58. The summed E-state index contributed by atoms with van der Waals surface area (Å²) < 4.78 is 12.1. The number of cyclic esters (lactones) is 1. The predicted molar refractivity (Wildman–Crippen MR) is 143 cm³/mol. The molecule has 8 heteroatoms. The van der Waals surface area contributed by atoms with Crippen molar-refractivity contribution in [2.45, 2.75) is 122 Å². The van der Waals surface area contributed by atoms with Gasteiger partial charge in [-0.25, -0.2) is 4.98 Å². The van der Waals surface area contributed by atoms with Gasteiger partial charge in [-0.05, 0) is 70.4 Å². The molecule has 0 amide bonds. The number of thiazole rings is 1. The molecule has 1 saturated carbocycles. The lowest BCUT2D eigenvalue weighted by molar-refractivity contribution is -0.162. The van der Waals surface area contributed by atoms with Gasteiger partial charge in [0.1, 0.15) is 11.9 Å². The first-order valence-corrected chi connectivity index (χ1v) is 14.7. The van der Waals surface area contributed by atoms with E-state index >= 15 is 0 Å². The summed E-state index contributed by atoms with van der Waals surface area (Å²) in [5.74, 6) is -1.21. The number of carbonyl (C=O) groups excluding carboxylic acids is 2. The molecular formula is C29H43NO6S. The quantitative estimate of drug-likeness (QED) is 0.415. The molecule has 0 radical (unpaired) electrons. The number of aryl methyl sites for hydroxylation is 1. The summed E-state index contributed by atoms with van der Waals surface area (Å²) >= 11 is 1.57. The molecule has 1 aliphatic carbocycles. The fraction of sp³-hybridized carbons (Fsp3) is 0.759. The first-order valence-electron chi connectivity index (χ1n) is 13.9. The Hall–Kier alpha value is -1.61. The topological polar surface area (TPSA) is 109 Å². The number of aliphatic hydroxyl groups excluding tert-OH is 2. The molecule has 1 unspecified atom stereocenters. The number of ether oxygens (including phenoxy) is 2. The van der Waals surface area contributed by atoms with Gasteiger partial charge in [0, 0.05) is 17.7 Å². The Morgan fingerprint density at radius 3 is 2.57 bits per heavy atom. The maximum absolute atomic E-state index is 13.7. The van der Waals surface area contributed by atoms with Gasteiger partial charge in [-0.1, -0.05) is 26.7 Å². The molecule has 2 N–H and O–H groups in total. The van der Waals surface area contributed by atoms with E-state index in [9.17, 15) is 19.8 Å². The third-order valence-corrected chi connectivity index (χ3v) is 9.89. The van der Waals surface area contributed by atoms with Crippen LogP contribution in [0.25, 0.3) is 6.08 Å². The third-order valence-electron chi connectivity index (χ3n) is 9.10. The Balaban J connectivity index is 1.59. The van der Waals surface area contributed by atoms with Crippen molar-refractivity contribution >= 4 is 29.2 Å². The minimum atomic E-state index is -1.13. The molecule has 1 aromatic rings. The van der Waals surface area contributed by atoms with Crippen molar-refractivity contribution in [1.82, 2.24) is 4.98 Å². The summed E-state index contributed by atoms with van der Waals surface area (Å²) in [6.45, 7) is 9.90. The van der Waals surface area contributed by atoms with Gasteiger partial charge in [0.05, 0.1) is 46.5 Å². The van der Waals surface area contributed by atoms with E-state index in [0.29, 0.717) is 25.7 Å². The Morgan fingerprint density at radius 1 is 1.24 bits per heavy atom. The van der Waals surface area contributed by atoms with Crippen LogP contribution >= 0.6 is 11.3 Å². The monoisotopic (exact) mass is 533 g/mol. The number of hydrogen-bond donors (Lipinski definition) is 2. The zero-order valence-electron chi connectivity index (χ0n) is 22.9. The fourth-order valence-corrected chi connectivity index (χ4v) is 6.83. The molecule has 3 aliphatic rings. The number of aromatic nitrogens is 1. The molecule has 1 spiro atoms. The van der Waals surface area contributed by atoms with Gasteiger partial charge in [0.15, 0.2) is 0 Å². The fourth-order valence-electron chi connectivity index (χ4n) is 6.26. The maximum atomic E-state index is 13.7. The SMILES string of the molecule is CC[C@@H]1C(=O)C2(CCC2)[C@@H](O)CC(=O)O[C@@H](/C(C)=C/c2csc(C)n2)CC2O[C@@]2(C)CCC[C@H](C)[C@H]1O. The van der Waals surface area contributed by atoms with Gasteiger partial charge in [-0.2, -0.15) is 0 Å². The summed E-state index contributed by atoms with van der Waals surface area (Å²) in [5.41, 5.74) is 0.442. The average molecular weight is 534 g/mol. The van der Waals surface area contributed by atoms with E-state index < -0.39 is 35.6 Å². The van der Waals surface area contributed by atoms with Crippen LogP contribution in [-0.4, -0.2) is 57.0 Å². The van der Waals surface area contributed by atoms with Crippen LogP contribution in [0.1, 0.15) is 96.2 Å². The lowest BCUT2D eigenvalue weighted by Gasteiger charge is -2.46. The van der Waals surface area contributed by atoms with Crippen LogP contribution in [0.2, 0.25) is 0 Å². The predicted octanol–water partition coefficient (Wildman–Crippen LogP) is 5.01. The Kier molecular flexibility index (Phi) is 8.63. The highest BCUT2D eigenvalue weighted by Crippen LogP contribution is 2.49. The molecule has 2 aliphatic heterocycles. The van der Waals surface area contributed by atoms with Crippen molar-refractivity contribution in [2.75, 3.05) is 0 Å². The minimum absolute atomic E-state index is 0.0354. The highest BCUT2D eigenvalue weighted by molar-refractivity contribution is 7.09. The van der Waals surface area contributed by atoms with Gasteiger partial charge in [-0.3, -0.25) is 9.59 Å². The van der Waals surface area contributed by atoms with Crippen LogP contribution in [-0.2, 0) is 19.1 Å². The largest absolute Gasteiger partial charge is 0.458 e. The number of aliphatic hydroxyl groups is 2. The van der Waals surface area contributed by atoms with Crippen molar-refractivity contribution < 1.29 is 29.3 Å². The van der Waals surface area contributed by atoms with Crippen molar-refractivity contribution in [3.8, 4) is 0 Å². The Labute approximate surface area is 224 Å². The number of hydrogen-bond acceptors (Lipinski definition) is 8. The maximum Gasteiger partial charge on any atom is 0.309 e. The van der Waals surface area contributed by atoms with E-state index in [4.69, 9.17) is 9.47 Å². The Bertz CT molecular complexity index is 1020. The molecule has 0 bridgehead atoms. The molecule has 3 fully saturated rings. The van der Waals surface area contributed by atoms with Gasteiger partial charge in [0.2, 0.25) is 0 Å². The molecule has 206 valence electrons. The number of ketones is 1. The first kappa shape index (κ1) is 28.4. The Morgan fingerprint density at radius 2 is 1.97 bits per heavy atom. The molecule has 4 rings (SSSR count). The summed E-state index contributed by atoms with van der Waals surface area (Å²) in [6.07, 6.45) is 4.74. The second-order valence-electron chi connectivity index (χ2n) is 11.8. The third kappa shape index (κ3) is 6.02. The summed E-state index contributed by atoms with van der Waals surface area (Å²) in [6, 6.07) is 0. The number of carbonyl (C=O) groups is 2. The van der Waals surface area contributed by atoms with E-state index in [-0.39, 0.29) is 29.8 Å². The van der Waals surface area contributed by atoms with E-state index in [1.807, 2.05) is 39.2 Å². The highest BCUT2D eigenvalue weighted by Gasteiger charge is 2.55. The number of rotatable bonds is 3. The molecule has 37 heavy (non-hydrogen) atoms. The van der Waals surface area contributed by atoms with Crippen molar-refractivity contribution in [2.24, 2.45) is 17.3 Å². The van der Waals surface area contributed by atoms with Crippen LogP contribution in [0.15, 0.2) is 11.0 Å². The molecule has 2 saturated heterocycles. The second-order valence-corrected chi connectivity index (χ2v) is 12.8. The second kappa shape index (κ2) is 11.2. The van der Waals surface area contributed by atoms with E-state index in [2.05, 4.69) is 11.9 Å². The van der Waals surface area contributed by atoms with Gasteiger partial charge >= 0.3 is 5.97 Å². The number of epoxide rings is 1. The molecular weight excluding hydrogens is 490 g/mol. The summed E-state index contributed by atoms with van der Waals surface area (Å²) in [5, 5.41) is 25.3. The van der Waals surface area contributed by atoms with E-state index in [1.165, 1.54) is 0 Å². The normalized spacial score (nSPS) is 37.5. The lowest BCUT2D eigenvalue weighted by Crippen LogP contribution is -2.53. The van der Waals surface area contributed by atoms with Gasteiger partial charge < -0.3 is 19.7 Å². The number of nitrogens with zero attached hydrogens (tertiary/aromatic N) is 1. The molecule has 3 heterocycles. The van der Waals surface area contributed by atoms with Gasteiger partial charge in [-0.15, -0.1) is 11.3 Å². The molecule has 1 aromatic heterocycles. The van der Waals surface area contributed by atoms with Crippen LogP contribution in [0.4, 0.5) is 0 Å². The molecule has 7 nitrogen and oxygen atoms in total. The van der Waals surface area contributed by atoms with Gasteiger partial charge in [0.25, 0.3) is 0 Å². The number of esters is 1. The standard InChI is InChI=1S/C29H43NO6S/c1-6-21-26(33)17(2)9-7-10-28(5)24(36-28)14-22(18(3)13-20-16-37-19(4)30-20)35-25(32)15-23(31)29(27(21)34)11-8-12-29/h13,16-17,21-24,26,31,33H,6-12,14-15H2,1-5H3/b18-13+/t17-,21-,22+,23-,24?,26+,28-/m0/s1. The van der Waals surface area contributed by atoms with E-state index in [1.54, 1.807) is 11.3 Å². The highest BCUT2D eigenvalue weighted by atomic mass is 32.1. The summed E-state index contributed by atoms with van der Waals surface area (Å²) in [7, 11) is 0. The molecule has 0 aromatic carbocycles. The zero-order valence-corrected chi connectivity index (χ0v) is 23.7. The summed E-state index contributed by atoms with van der Waals surface area (Å²) in [4.78, 5) is 31.4. The smallest absolute Gasteiger partial charge is 0.309 e. The van der Waals surface area contributed by atoms with Crippen molar-refractivity contribution in [3.05, 3.63) is 21.7 Å². The van der Waals surface area contributed by atoms with E-state index in [0.717, 1.165) is 42.0 Å². The van der Waals surface area contributed by atoms with Crippen LogP contribution in [0.3, 0.4) is 0 Å². The zero-order chi connectivity index (χ0) is 27.0. The van der Waals surface area contributed by atoms with Crippen LogP contribution in [0.5, 0.6) is 0 Å². The van der Waals surface area contributed by atoms with Crippen LogP contribution in [0, 0.1) is 24.2 Å². The van der Waals surface area contributed by atoms with Crippen LogP contribution < -0.4 is 0 Å². The average Bonchev–Trinajstić information content (AvgIpc) is 3.24.